The molecule has 1 N–H and O–H groups in total. The van der Waals surface area contributed by atoms with Crippen molar-refractivity contribution >= 4 is 10.0 Å². The quantitative estimate of drug-likeness (QED) is 0.913. The smallest absolute Gasteiger partial charge is 0.245 e. The summed E-state index contributed by atoms with van der Waals surface area (Å²) in [5.41, 5.74) is 0.952. The number of hydrogen-bond donors (Lipinski definition) is 1. The highest BCUT2D eigenvalue weighted by Gasteiger charge is 2.48. The van der Waals surface area contributed by atoms with Gasteiger partial charge < -0.3 is 4.74 Å². The topological polar surface area (TPSA) is 55.4 Å². The van der Waals surface area contributed by atoms with E-state index < -0.39 is 15.6 Å². The van der Waals surface area contributed by atoms with E-state index in [0.717, 1.165) is 11.1 Å². The van der Waals surface area contributed by atoms with E-state index in [1.54, 1.807) is 30.3 Å². The third-order valence-electron chi connectivity index (χ3n) is 4.09. The van der Waals surface area contributed by atoms with Crippen molar-refractivity contribution < 1.29 is 17.5 Å². The molecule has 23 heavy (non-hydrogen) atoms. The van der Waals surface area contributed by atoms with E-state index in [1.807, 2.05) is 6.92 Å². The number of methoxy groups -OCH3 is 1. The summed E-state index contributed by atoms with van der Waals surface area (Å²) in [6.45, 7) is 1.82. The van der Waals surface area contributed by atoms with Crippen LogP contribution >= 0.6 is 0 Å². The molecule has 0 aromatic heterocycles. The molecule has 6 heteroatoms. The molecule has 1 saturated carbocycles. The summed E-state index contributed by atoms with van der Waals surface area (Å²) < 4.78 is 46.6. The number of halogens is 1. The zero-order chi connectivity index (χ0) is 16.7. The van der Waals surface area contributed by atoms with Crippen molar-refractivity contribution in [3.8, 4) is 5.75 Å². The van der Waals surface area contributed by atoms with Gasteiger partial charge in [-0.15, -0.1) is 0 Å². The predicted molar refractivity (Wildman–Crippen MR) is 85.4 cm³/mol. The van der Waals surface area contributed by atoms with Gasteiger partial charge in [-0.05, 0) is 55.2 Å². The Kier molecular flexibility index (Phi) is 3.90. The first-order chi connectivity index (χ1) is 10.9. The van der Waals surface area contributed by atoms with Crippen LogP contribution in [0.5, 0.6) is 5.75 Å². The van der Waals surface area contributed by atoms with Crippen LogP contribution in [0.1, 0.15) is 24.0 Å². The van der Waals surface area contributed by atoms with Crippen LogP contribution < -0.4 is 9.46 Å². The molecule has 0 unspecified atom stereocenters. The summed E-state index contributed by atoms with van der Waals surface area (Å²) >= 11 is 0. The van der Waals surface area contributed by atoms with Gasteiger partial charge >= 0.3 is 0 Å². The van der Waals surface area contributed by atoms with Gasteiger partial charge in [-0.25, -0.2) is 17.5 Å². The summed E-state index contributed by atoms with van der Waals surface area (Å²) in [6.07, 6.45) is 1.37. The van der Waals surface area contributed by atoms with E-state index >= 15 is 0 Å². The predicted octanol–water partition coefficient (Wildman–Crippen LogP) is 3.11. The number of nitrogens with one attached hydrogen (secondary N) is 1. The Morgan fingerprint density at radius 1 is 1.13 bits per heavy atom. The van der Waals surface area contributed by atoms with Gasteiger partial charge in [0.25, 0.3) is 0 Å². The van der Waals surface area contributed by atoms with Crippen molar-refractivity contribution in [1.29, 1.82) is 0 Å². The molecule has 2 aromatic carbocycles. The minimum atomic E-state index is -3.75. The highest BCUT2D eigenvalue weighted by atomic mass is 32.2. The minimum Gasteiger partial charge on any atom is -0.495 e. The fraction of sp³-hybridized carbons (Fsp3) is 0.294. The fourth-order valence-electron chi connectivity index (χ4n) is 2.65. The molecule has 0 bridgehead atoms. The van der Waals surface area contributed by atoms with E-state index in [0.29, 0.717) is 18.6 Å². The molecule has 0 heterocycles. The molecule has 3 rings (SSSR count). The van der Waals surface area contributed by atoms with E-state index in [1.165, 1.54) is 19.2 Å². The molecule has 0 radical (unpaired) electrons. The molecule has 1 fully saturated rings. The summed E-state index contributed by atoms with van der Waals surface area (Å²) in [4.78, 5) is 0.119. The van der Waals surface area contributed by atoms with Gasteiger partial charge in [0.2, 0.25) is 10.0 Å². The minimum absolute atomic E-state index is 0.119. The summed E-state index contributed by atoms with van der Waals surface area (Å²) in [6, 6.07) is 11.0. The number of sulfonamides is 1. The number of ether oxygens (including phenoxy) is 1. The maximum Gasteiger partial charge on any atom is 0.245 e. The van der Waals surface area contributed by atoms with E-state index in [-0.39, 0.29) is 10.7 Å². The zero-order valence-corrected chi connectivity index (χ0v) is 13.8. The second-order valence-electron chi connectivity index (χ2n) is 5.85. The Bertz CT molecular complexity index is 827. The molecule has 1 aliphatic rings. The Hall–Kier alpha value is -1.92. The molecule has 0 aliphatic heterocycles. The molecule has 122 valence electrons. The second kappa shape index (κ2) is 5.62. The van der Waals surface area contributed by atoms with E-state index in [9.17, 15) is 12.8 Å². The van der Waals surface area contributed by atoms with Gasteiger partial charge in [0, 0.05) is 0 Å². The van der Waals surface area contributed by atoms with Crippen LogP contribution in [0.25, 0.3) is 0 Å². The third kappa shape index (κ3) is 3.09. The molecule has 0 atom stereocenters. The highest BCUT2D eigenvalue weighted by Crippen LogP contribution is 2.47. The standard InChI is InChI=1S/C17H18FNO3S/c1-12-3-8-15(22-2)16(11-12)23(20,21)19-17(9-10-17)13-4-6-14(18)7-5-13/h3-8,11,19H,9-10H2,1-2H3. The lowest BCUT2D eigenvalue weighted by atomic mass is 10.1. The summed E-state index contributed by atoms with van der Waals surface area (Å²) in [5, 5.41) is 0. The van der Waals surface area contributed by atoms with Gasteiger partial charge in [0.05, 0.1) is 12.6 Å². The fourth-order valence-corrected chi connectivity index (χ4v) is 4.35. The van der Waals surface area contributed by atoms with Gasteiger partial charge in [-0.3, -0.25) is 0 Å². The highest BCUT2D eigenvalue weighted by molar-refractivity contribution is 7.89. The average Bonchev–Trinajstić information content (AvgIpc) is 3.28. The number of hydrogen-bond acceptors (Lipinski definition) is 3. The molecule has 0 saturated heterocycles. The third-order valence-corrected chi connectivity index (χ3v) is 5.64. The number of benzene rings is 2. The lowest BCUT2D eigenvalue weighted by molar-refractivity contribution is 0.401. The summed E-state index contributed by atoms with van der Waals surface area (Å²) in [7, 11) is -2.31. The van der Waals surface area contributed by atoms with Crippen LogP contribution in [0.15, 0.2) is 47.4 Å². The van der Waals surface area contributed by atoms with Crippen LogP contribution in [0.4, 0.5) is 4.39 Å². The lowest BCUT2D eigenvalue weighted by Crippen LogP contribution is -2.35. The Balaban J connectivity index is 1.96. The Labute approximate surface area is 135 Å². The SMILES string of the molecule is COc1ccc(C)cc1S(=O)(=O)NC1(c2ccc(F)cc2)CC1. The second-order valence-corrected chi connectivity index (χ2v) is 7.50. The van der Waals surface area contributed by atoms with E-state index in [4.69, 9.17) is 4.74 Å². The van der Waals surface area contributed by atoms with Gasteiger partial charge in [-0.2, -0.15) is 0 Å². The Morgan fingerprint density at radius 3 is 2.35 bits per heavy atom. The van der Waals surface area contributed by atoms with Crippen LogP contribution in [-0.4, -0.2) is 15.5 Å². The molecule has 2 aromatic rings. The number of rotatable bonds is 5. The normalized spacial score (nSPS) is 16.1. The largest absolute Gasteiger partial charge is 0.495 e. The van der Waals surface area contributed by atoms with Crippen molar-refractivity contribution in [3.05, 3.63) is 59.4 Å². The van der Waals surface area contributed by atoms with Crippen molar-refractivity contribution in [2.24, 2.45) is 0 Å². The Morgan fingerprint density at radius 2 is 1.78 bits per heavy atom. The van der Waals surface area contributed by atoms with Crippen LogP contribution in [-0.2, 0) is 15.6 Å². The first-order valence-corrected chi connectivity index (χ1v) is 8.79. The zero-order valence-electron chi connectivity index (χ0n) is 13.0. The first-order valence-electron chi connectivity index (χ1n) is 7.31. The molecular formula is C17H18FNO3S. The van der Waals surface area contributed by atoms with Crippen molar-refractivity contribution in [1.82, 2.24) is 4.72 Å². The molecular weight excluding hydrogens is 317 g/mol. The van der Waals surface area contributed by atoms with Gasteiger partial charge in [0.1, 0.15) is 16.5 Å². The van der Waals surface area contributed by atoms with E-state index in [2.05, 4.69) is 4.72 Å². The van der Waals surface area contributed by atoms with Crippen LogP contribution in [0, 0.1) is 12.7 Å². The molecule has 1 aliphatic carbocycles. The van der Waals surface area contributed by atoms with Crippen LogP contribution in [0.2, 0.25) is 0 Å². The van der Waals surface area contributed by atoms with Gasteiger partial charge in [-0.1, -0.05) is 18.2 Å². The molecule has 4 nitrogen and oxygen atoms in total. The monoisotopic (exact) mass is 335 g/mol. The maximum atomic E-state index is 13.1. The maximum absolute atomic E-state index is 13.1. The molecule has 0 amide bonds. The summed E-state index contributed by atoms with van der Waals surface area (Å²) in [5.74, 6) is -0.0363. The molecule has 0 spiro atoms. The van der Waals surface area contributed by atoms with Crippen molar-refractivity contribution in [3.63, 3.8) is 0 Å². The number of aryl methyl sites for hydroxylation is 1. The van der Waals surface area contributed by atoms with Gasteiger partial charge in [0.15, 0.2) is 0 Å². The van der Waals surface area contributed by atoms with Crippen molar-refractivity contribution in [2.45, 2.75) is 30.2 Å². The average molecular weight is 335 g/mol. The lowest BCUT2D eigenvalue weighted by Gasteiger charge is -2.19. The first kappa shape index (κ1) is 16.0. The van der Waals surface area contributed by atoms with Crippen LogP contribution in [0.3, 0.4) is 0 Å². The van der Waals surface area contributed by atoms with Crippen molar-refractivity contribution in [2.75, 3.05) is 7.11 Å².